The van der Waals surface area contributed by atoms with Crippen LogP contribution in [-0.2, 0) is 0 Å². The minimum Gasteiger partial charge on any atom is -0.316 e. The lowest BCUT2D eigenvalue weighted by Gasteiger charge is -2.40. The van der Waals surface area contributed by atoms with Crippen molar-refractivity contribution in [3.05, 3.63) is 0 Å². The first-order valence-corrected chi connectivity index (χ1v) is 8.01. The molecule has 0 aromatic rings. The highest BCUT2D eigenvalue weighted by Crippen LogP contribution is 2.29. The van der Waals surface area contributed by atoms with Crippen molar-refractivity contribution in [3.63, 3.8) is 0 Å². The van der Waals surface area contributed by atoms with Gasteiger partial charge in [-0.15, -0.1) is 0 Å². The van der Waals surface area contributed by atoms with Crippen molar-refractivity contribution < 1.29 is 0 Å². The molecular weight excluding hydrogens is 220 g/mol. The van der Waals surface area contributed by atoms with Gasteiger partial charge in [0, 0.05) is 13.1 Å². The highest BCUT2D eigenvalue weighted by atomic mass is 15.1. The molecule has 106 valence electrons. The van der Waals surface area contributed by atoms with Crippen molar-refractivity contribution >= 4 is 0 Å². The quantitative estimate of drug-likeness (QED) is 0.831. The van der Waals surface area contributed by atoms with Crippen LogP contribution < -0.4 is 5.32 Å². The van der Waals surface area contributed by atoms with Crippen LogP contribution in [0.15, 0.2) is 0 Å². The molecule has 2 nitrogen and oxygen atoms in total. The van der Waals surface area contributed by atoms with E-state index < -0.39 is 0 Å². The summed E-state index contributed by atoms with van der Waals surface area (Å²) < 4.78 is 0. The Labute approximate surface area is 114 Å². The molecule has 2 fully saturated rings. The molecule has 2 aliphatic heterocycles. The Bertz CT molecular complexity index is 253. The Morgan fingerprint density at radius 3 is 2.56 bits per heavy atom. The first-order valence-electron chi connectivity index (χ1n) is 8.01. The molecule has 2 heteroatoms. The number of hydrogen-bond acceptors (Lipinski definition) is 2. The van der Waals surface area contributed by atoms with Gasteiger partial charge >= 0.3 is 0 Å². The van der Waals surface area contributed by atoms with E-state index in [0.29, 0.717) is 0 Å². The molecule has 0 aliphatic carbocycles. The third-order valence-corrected chi connectivity index (χ3v) is 5.58. The van der Waals surface area contributed by atoms with Gasteiger partial charge in [-0.1, -0.05) is 27.7 Å². The number of hydrogen-bond donors (Lipinski definition) is 1. The van der Waals surface area contributed by atoms with Gasteiger partial charge in [-0.2, -0.15) is 0 Å². The standard InChI is InChI=1S/C16H32N2/c1-12-6-8-18(10-14(12)3)11-15(4)16-9-17-7-5-13(16)2/h12-17H,5-11H2,1-4H3/t12-,13-,14-,15?,16+/m1/s1. The van der Waals surface area contributed by atoms with E-state index >= 15 is 0 Å². The van der Waals surface area contributed by atoms with Gasteiger partial charge in [0.15, 0.2) is 0 Å². The summed E-state index contributed by atoms with van der Waals surface area (Å²) in [6.07, 6.45) is 2.76. The fourth-order valence-electron chi connectivity index (χ4n) is 3.83. The van der Waals surface area contributed by atoms with Crippen molar-refractivity contribution in [2.24, 2.45) is 29.6 Å². The minimum absolute atomic E-state index is 0.841. The van der Waals surface area contributed by atoms with E-state index in [9.17, 15) is 0 Å². The highest BCUT2D eigenvalue weighted by Gasteiger charge is 2.29. The van der Waals surface area contributed by atoms with Crippen molar-refractivity contribution in [1.29, 1.82) is 0 Å². The molecule has 0 saturated carbocycles. The van der Waals surface area contributed by atoms with E-state index in [0.717, 1.165) is 29.6 Å². The fraction of sp³-hybridized carbons (Fsp3) is 1.00. The topological polar surface area (TPSA) is 15.3 Å². The first kappa shape index (κ1) is 14.3. The number of nitrogens with one attached hydrogen (secondary N) is 1. The molecule has 0 amide bonds. The highest BCUT2D eigenvalue weighted by molar-refractivity contribution is 4.83. The number of likely N-dealkylation sites (tertiary alicyclic amines) is 1. The Morgan fingerprint density at radius 1 is 1.11 bits per heavy atom. The van der Waals surface area contributed by atoms with Crippen LogP contribution in [0.5, 0.6) is 0 Å². The maximum atomic E-state index is 3.58. The second-order valence-corrected chi connectivity index (χ2v) is 7.11. The lowest BCUT2D eigenvalue weighted by Crippen LogP contribution is -2.45. The Balaban J connectivity index is 1.81. The summed E-state index contributed by atoms with van der Waals surface area (Å²) in [5, 5.41) is 3.58. The molecule has 0 spiro atoms. The van der Waals surface area contributed by atoms with Crippen LogP contribution in [0, 0.1) is 29.6 Å². The molecule has 0 bridgehead atoms. The number of rotatable bonds is 3. The molecule has 2 heterocycles. The molecule has 1 unspecified atom stereocenters. The Hall–Kier alpha value is -0.0800. The summed E-state index contributed by atoms with van der Waals surface area (Å²) >= 11 is 0. The largest absolute Gasteiger partial charge is 0.316 e. The average molecular weight is 252 g/mol. The maximum absolute atomic E-state index is 3.58. The third-order valence-electron chi connectivity index (χ3n) is 5.58. The molecule has 5 atom stereocenters. The van der Waals surface area contributed by atoms with E-state index in [-0.39, 0.29) is 0 Å². The molecular formula is C16H32N2. The third kappa shape index (κ3) is 3.48. The molecule has 1 N–H and O–H groups in total. The molecule has 2 rings (SSSR count). The average Bonchev–Trinajstić information content (AvgIpc) is 2.34. The summed E-state index contributed by atoms with van der Waals surface area (Å²) in [4.78, 5) is 2.72. The van der Waals surface area contributed by atoms with Gasteiger partial charge in [0.25, 0.3) is 0 Å². The smallest absolute Gasteiger partial charge is 0.00104 e. The van der Waals surface area contributed by atoms with Crippen molar-refractivity contribution in [3.8, 4) is 0 Å². The summed E-state index contributed by atoms with van der Waals surface area (Å²) in [6, 6.07) is 0. The maximum Gasteiger partial charge on any atom is 0.00104 e. The number of piperidine rings is 2. The summed E-state index contributed by atoms with van der Waals surface area (Å²) in [6.45, 7) is 16.2. The van der Waals surface area contributed by atoms with Gasteiger partial charge in [0.05, 0.1) is 0 Å². The summed E-state index contributed by atoms with van der Waals surface area (Å²) in [5.41, 5.74) is 0. The zero-order valence-corrected chi connectivity index (χ0v) is 12.8. The normalized spacial score (nSPS) is 40.7. The molecule has 0 radical (unpaired) electrons. The van der Waals surface area contributed by atoms with Gasteiger partial charge in [0.1, 0.15) is 0 Å². The van der Waals surface area contributed by atoms with E-state index in [1.807, 2.05) is 0 Å². The van der Waals surface area contributed by atoms with Crippen LogP contribution in [0.3, 0.4) is 0 Å². The van der Waals surface area contributed by atoms with Crippen LogP contribution in [0.25, 0.3) is 0 Å². The van der Waals surface area contributed by atoms with Crippen LogP contribution in [0.2, 0.25) is 0 Å². The fourth-order valence-corrected chi connectivity index (χ4v) is 3.83. The first-order chi connectivity index (χ1) is 8.58. The lowest BCUT2D eigenvalue weighted by atomic mass is 9.79. The summed E-state index contributed by atoms with van der Waals surface area (Å²) in [5.74, 6) is 4.43. The van der Waals surface area contributed by atoms with Crippen molar-refractivity contribution in [1.82, 2.24) is 10.2 Å². The predicted octanol–water partition coefficient (Wildman–Crippen LogP) is 2.85. The zero-order valence-electron chi connectivity index (χ0n) is 12.8. The van der Waals surface area contributed by atoms with Gasteiger partial charge in [-0.3, -0.25) is 0 Å². The SMILES string of the molecule is CC(CN1CC[C@@H](C)[C@H](C)C1)[C@H]1CNCC[C@H]1C. The number of nitrogens with zero attached hydrogens (tertiary/aromatic N) is 1. The predicted molar refractivity (Wildman–Crippen MR) is 78.7 cm³/mol. The Kier molecular flexibility index (Phi) is 5.08. The van der Waals surface area contributed by atoms with Crippen molar-refractivity contribution in [2.75, 3.05) is 32.7 Å². The van der Waals surface area contributed by atoms with E-state index in [1.54, 1.807) is 0 Å². The molecule has 0 aromatic heterocycles. The second kappa shape index (κ2) is 6.38. The minimum atomic E-state index is 0.841. The summed E-state index contributed by atoms with van der Waals surface area (Å²) in [7, 11) is 0. The molecule has 18 heavy (non-hydrogen) atoms. The lowest BCUT2D eigenvalue weighted by molar-refractivity contribution is 0.0925. The van der Waals surface area contributed by atoms with Crippen LogP contribution in [0.4, 0.5) is 0 Å². The van der Waals surface area contributed by atoms with Crippen LogP contribution in [0.1, 0.15) is 40.5 Å². The molecule has 2 saturated heterocycles. The zero-order chi connectivity index (χ0) is 13.1. The van der Waals surface area contributed by atoms with Gasteiger partial charge in [-0.05, 0) is 62.1 Å². The van der Waals surface area contributed by atoms with E-state index in [1.165, 1.54) is 45.6 Å². The van der Waals surface area contributed by atoms with Gasteiger partial charge in [-0.25, -0.2) is 0 Å². The van der Waals surface area contributed by atoms with E-state index in [2.05, 4.69) is 37.9 Å². The van der Waals surface area contributed by atoms with Crippen LogP contribution in [-0.4, -0.2) is 37.6 Å². The monoisotopic (exact) mass is 252 g/mol. The van der Waals surface area contributed by atoms with Crippen molar-refractivity contribution in [2.45, 2.75) is 40.5 Å². The van der Waals surface area contributed by atoms with E-state index in [4.69, 9.17) is 0 Å². The van der Waals surface area contributed by atoms with Gasteiger partial charge < -0.3 is 10.2 Å². The van der Waals surface area contributed by atoms with Gasteiger partial charge in [0.2, 0.25) is 0 Å². The second-order valence-electron chi connectivity index (χ2n) is 7.11. The molecule has 0 aromatic carbocycles. The Morgan fingerprint density at radius 2 is 1.89 bits per heavy atom. The molecule has 2 aliphatic rings. The van der Waals surface area contributed by atoms with Crippen LogP contribution >= 0.6 is 0 Å².